The standard InChI is InChI=1S/C12H16O4/c1-4-15-11-7-9(12(13)14)5-6-10(11)16-8(2)3/h5-8H,4H2,1-3H3,(H,13,14)/p-1. The van der Waals surface area contributed by atoms with Crippen LogP contribution in [0.5, 0.6) is 11.5 Å². The van der Waals surface area contributed by atoms with Crippen LogP contribution in [0.15, 0.2) is 18.2 Å². The molecular formula is C12H15O4-. The molecule has 0 spiro atoms. The van der Waals surface area contributed by atoms with Crippen LogP contribution in [0.2, 0.25) is 0 Å². The Bertz CT molecular complexity index is 371. The zero-order valence-corrected chi connectivity index (χ0v) is 9.65. The van der Waals surface area contributed by atoms with Crippen molar-refractivity contribution in [2.75, 3.05) is 6.61 Å². The zero-order chi connectivity index (χ0) is 12.1. The van der Waals surface area contributed by atoms with Crippen molar-refractivity contribution < 1.29 is 19.4 Å². The molecule has 1 rings (SSSR count). The van der Waals surface area contributed by atoms with Gasteiger partial charge in [-0.2, -0.15) is 0 Å². The first-order valence-electron chi connectivity index (χ1n) is 5.19. The number of ether oxygens (including phenoxy) is 2. The second-order valence-corrected chi connectivity index (χ2v) is 3.55. The van der Waals surface area contributed by atoms with Gasteiger partial charge in [0.15, 0.2) is 11.5 Å². The lowest BCUT2D eigenvalue weighted by molar-refractivity contribution is -0.255. The van der Waals surface area contributed by atoms with E-state index in [9.17, 15) is 9.90 Å². The van der Waals surface area contributed by atoms with Crippen molar-refractivity contribution in [1.82, 2.24) is 0 Å². The summed E-state index contributed by atoms with van der Waals surface area (Å²) < 4.78 is 10.8. The molecule has 0 aromatic heterocycles. The molecule has 0 atom stereocenters. The Labute approximate surface area is 94.8 Å². The Kier molecular flexibility index (Phi) is 4.17. The number of benzene rings is 1. The van der Waals surface area contributed by atoms with Gasteiger partial charge in [-0.3, -0.25) is 0 Å². The summed E-state index contributed by atoms with van der Waals surface area (Å²) in [6.07, 6.45) is 0.00742. The molecule has 1 aromatic rings. The fourth-order valence-electron chi connectivity index (χ4n) is 1.25. The predicted molar refractivity (Wildman–Crippen MR) is 57.7 cm³/mol. The summed E-state index contributed by atoms with van der Waals surface area (Å²) in [4.78, 5) is 10.7. The van der Waals surface area contributed by atoms with Crippen molar-refractivity contribution in [2.45, 2.75) is 26.9 Å². The Morgan fingerprint density at radius 3 is 2.56 bits per heavy atom. The molecule has 0 saturated carbocycles. The first-order chi connectivity index (χ1) is 7.54. The van der Waals surface area contributed by atoms with Crippen LogP contribution < -0.4 is 14.6 Å². The molecule has 0 N–H and O–H groups in total. The molecule has 16 heavy (non-hydrogen) atoms. The van der Waals surface area contributed by atoms with Gasteiger partial charge in [0.25, 0.3) is 0 Å². The fraction of sp³-hybridized carbons (Fsp3) is 0.417. The van der Waals surface area contributed by atoms with E-state index in [0.29, 0.717) is 18.1 Å². The van der Waals surface area contributed by atoms with Gasteiger partial charge in [-0.25, -0.2) is 0 Å². The van der Waals surface area contributed by atoms with Gasteiger partial charge < -0.3 is 19.4 Å². The van der Waals surface area contributed by atoms with E-state index in [1.165, 1.54) is 12.1 Å². The third-order valence-corrected chi connectivity index (χ3v) is 1.84. The number of carboxylic acid groups (broad SMARTS) is 1. The molecular weight excluding hydrogens is 208 g/mol. The lowest BCUT2D eigenvalue weighted by Gasteiger charge is -2.15. The first kappa shape index (κ1) is 12.4. The quantitative estimate of drug-likeness (QED) is 0.753. The average molecular weight is 223 g/mol. The molecule has 0 fully saturated rings. The maximum atomic E-state index is 10.7. The summed E-state index contributed by atoms with van der Waals surface area (Å²) in [5.41, 5.74) is 0.0829. The van der Waals surface area contributed by atoms with Gasteiger partial charge in [-0.1, -0.05) is 0 Å². The second-order valence-electron chi connectivity index (χ2n) is 3.55. The van der Waals surface area contributed by atoms with Crippen molar-refractivity contribution in [2.24, 2.45) is 0 Å². The van der Waals surface area contributed by atoms with Crippen LogP contribution in [0.25, 0.3) is 0 Å². The number of hydrogen-bond acceptors (Lipinski definition) is 4. The molecule has 0 heterocycles. The smallest absolute Gasteiger partial charge is 0.161 e. The Morgan fingerprint density at radius 2 is 2.06 bits per heavy atom. The molecule has 0 aliphatic rings. The van der Waals surface area contributed by atoms with Gasteiger partial charge in [0, 0.05) is 5.56 Å². The summed E-state index contributed by atoms with van der Waals surface area (Å²) in [6.45, 7) is 6.06. The lowest BCUT2D eigenvalue weighted by Crippen LogP contribution is -2.22. The lowest BCUT2D eigenvalue weighted by atomic mass is 10.2. The minimum Gasteiger partial charge on any atom is -0.545 e. The maximum Gasteiger partial charge on any atom is 0.161 e. The molecule has 0 amide bonds. The summed E-state index contributed by atoms with van der Waals surface area (Å²) >= 11 is 0. The molecule has 4 nitrogen and oxygen atoms in total. The number of aromatic carboxylic acids is 1. The van der Waals surface area contributed by atoms with Gasteiger partial charge in [-0.15, -0.1) is 0 Å². The minimum atomic E-state index is -1.22. The van der Waals surface area contributed by atoms with E-state index in [1.807, 2.05) is 20.8 Å². The van der Waals surface area contributed by atoms with E-state index in [2.05, 4.69) is 0 Å². The fourth-order valence-corrected chi connectivity index (χ4v) is 1.25. The number of carbonyl (C=O) groups is 1. The van der Waals surface area contributed by atoms with E-state index in [0.717, 1.165) is 0 Å². The van der Waals surface area contributed by atoms with Crippen LogP contribution in [0.3, 0.4) is 0 Å². The van der Waals surface area contributed by atoms with Gasteiger partial charge >= 0.3 is 0 Å². The van der Waals surface area contributed by atoms with E-state index in [-0.39, 0.29) is 11.7 Å². The van der Waals surface area contributed by atoms with Crippen LogP contribution in [0, 0.1) is 0 Å². The van der Waals surface area contributed by atoms with Crippen molar-refractivity contribution in [1.29, 1.82) is 0 Å². The van der Waals surface area contributed by atoms with E-state index in [1.54, 1.807) is 6.07 Å². The van der Waals surface area contributed by atoms with Gasteiger partial charge in [0.2, 0.25) is 0 Å². The van der Waals surface area contributed by atoms with E-state index >= 15 is 0 Å². The van der Waals surface area contributed by atoms with Crippen LogP contribution in [0.4, 0.5) is 0 Å². The van der Waals surface area contributed by atoms with E-state index < -0.39 is 5.97 Å². The maximum absolute atomic E-state index is 10.7. The topological polar surface area (TPSA) is 58.6 Å². The highest BCUT2D eigenvalue weighted by atomic mass is 16.5. The SMILES string of the molecule is CCOc1cc(C(=O)[O-])ccc1OC(C)C. The molecule has 1 aromatic carbocycles. The van der Waals surface area contributed by atoms with Crippen LogP contribution in [0.1, 0.15) is 31.1 Å². The molecule has 0 aliphatic heterocycles. The molecule has 0 aliphatic carbocycles. The average Bonchev–Trinajstić information content (AvgIpc) is 2.20. The monoisotopic (exact) mass is 223 g/mol. The highest BCUT2D eigenvalue weighted by Crippen LogP contribution is 2.29. The van der Waals surface area contributed by atoms with Crippen LogP contribution in [-0.2, 0) is 0 Å². The Morgan fingerprint density at radius 1 is 1.38 bits per heavy atom. The van der Waals surface area contributed by atoms with Gasteiger partial charge in [0.1, 0.15) is 0 Å². The number of rotatable bonds is 5. The largest absolute Gasteiger partial charge is 0.545 e. The Hall–Kier alpha value is -1.71. The highest BCUT2D eigenvalue weighted by Gasteiger charge is 2.08. The van der Waals surface area contributed by atoms with Crippen molar-refractivity contribution in [3.8, 4) is 11.5 Å². The molecule has 0 radical (unpaired) electrons. The van der Waals surface area contributed by atoms with Crippen LogP contribution >= 0.6 is 0 Å². The Balaban J connectivity index is 3.03. The summed E-state index contributed by atoms with van der Waals surface area (Å²) in [5.74, 6) is -0.253. The molecule has 4 heteroatoms. The molecule has 0 saturated heterocycles. The van der Waals surface area contributed by atoms with Crippen molar-refractivity contribution >= 4 is 5.97 Å². The number of carbonyl (C=O) groups excluding carboxylic acids is 1. The highest BCUT2D eigenvalue weighted by molar-refractivity contribution is 5.86. The van der Waals surface area contributed by atoms with Crippen molar-refractivity contribution in [3.05, 3.63) is 23.8 Å². The molecule has 0 bridgehead atoms. The first-order valence-corrected chi connectivity index (χ1v) is 5.19. The predicted octanol–water partition coefficient (Wildman–Crippen LogP) is 1.24. The number of carboxylic acids is 1. The van der Waals surface area contributed by atoms with Crippen LogP contribution in [-0.4, -0.2) is 18.7 Å². The van der Waals surface area contributed by atoms with E-state index in [4.69, 9.17) is 9.47 Å². The van der Waals surface area contributed by atoms with Crippen molar-refractivity contribution in [3.63, 3.8) is 0 Å². The third-order valence-electron chi connectivity index (χ3n) is 1.84. The molecule has 0 unspecified atom stereocenters. The van der Waals surface area contributed by atoms with Gasteiger partial charge in [0.05, 0.1) is 18.7 Å². The summed E-state index contributed by atoms with van der Waals surface area (Å²) in [7, 11) is 0. The van der Waals surface area contributed by atoms with Gasteiger partial charge in [-0.05, 0) is 39.0 Å². The minimum absolute atomic E-state index is 0.00742. The zero-order valence-electron chi connectivity index (χ0n) is 9.65. The molecule has 88 valence electrons. The summed E-state index contributed by atoms with van der Waals surface area (Å²) in [6, 6.07) is 4.43. The number of hydrogen-bond donors (Lipinski definition) is 0. The normalized spacial score (nSPS) is 10.2. The third kappa shape index (κ3) is 3.15. The second kappa shape index (κ2) is 5.39. The summed E-state index contributed by atoms with van der Waals surface area (Å²) in [5, 5.41) is 10.7.